The largest absolute Gasteiger partial charge is 0.489 e. The molecule has 0 aliphatic heterocycles. The van der Waals surface area contributed by atoms with Gasteiger partial charge in [0.05, 0.1) is 6.61 Å². The van der Waals surface area contributed by atoms with Gasteiger partial charge in [-0.05, 0) is 36.2 Å². The summed E-state index contributed by atoms with van der Waals surface area (Å²) >= 11 is 0. The van der Waals surface area contributed by atoms with E-state index in [-0.39, 0.29) is 5.91 Å². The molecule has 0 aliphatic carbocycles. The predicted molar refractivity (Wildman–Crippen MR) is 115 cm³/mol. The first-order valence-corrected chi connectivity index (χ1v) is 9.77. The van der Waals surface area contributed by atoms with Crippen LogP contribution in [0.5, 0.6) is 11.6 Å². The van der Waals surface area contributed by atoms with Crippen LogP contribution in [-0.4, -0.2) is 31.2 Å². The number of aryl methyl sites for hydroxylation is 1. The van der Waals surface area contributed by atoms with Gasteiger partial charge in [0.1, 0.15) is 19.0 Å². The number of benzene rings is 2. The lowest BCUT2D eigenvalue weighted by molar-refractivity contribution is 0.0950. The van der Waals surface area contributed by atoms with E-state index in [4.69, 9.17) is 14.2 Å². The lowest BCUT2D eigenvalue weighted by Crippen LogP contribution is -2.22. The quantitative estimate of drug-likeness (QED) is 0.517. The molecule has 1 aromatic heterocycles. The molecule has 0 saturated carbocycles. The number of nitrogens with zero attached hydrogens (tertiary/aromatic N) is 1. The molecule has 0 spiro atoms. The maximum Gasteiger partial charge on any atom is 0.251 e. The summed E-state index contributed by atoms with van der Waals surface area (Å²) in [5.74, 6) is 1.01. The van der Waals surface area contributed by atoms with Crippen molar-refractivity contribution in [2.45, 2.75) is 20.1 Å². The minimum atomic E-state index is -0.170. The zero-order valence-corrected chi connectivity index (χ0v) is 17.3. The Morgan fingerprint density at radius 1 is 0.967 bits per heavy atom. The Balaban J connectivity index is 1.51. The third-order valence-electron chi connectivity index (χ3n) is 4.37. The van der Waals surface area contributed by atoms with E-state index in [1.54, 1.807) is 31.5 Å². The Morgan fingerprint density at radius 3 is 2.60 bits per heavy atom. The van der Waals surface area contributed by atoms with E-state index >= 15 is 0 Å². The fraction of sp³-hybridized carbons (Fsp3) is 0.250. The summed E-state index contributed by atoms with van der Waals surface area (Å²) in [6.45, 7) is 3.83. The minimum absolute atomic E-state index is 0.170. The molecule has 3 aromatic rings. The first kappa shape index (κ1) is 21.3. The molecule has 6 nitrogen and oxygen atoms in total. The number of aromatic nitrogens is 1. The van der Waals surface area contributed by atoms with Gasteiger partial charge in [0, 0.05) is 31.5 Å². The second-order valence-corrected chi connectivity index (χ2v) is 6.83. The summed E-state index contributed by atoms with van der Waals surface area (Å²) in [4.78, 5) is 16.7. The molecular formula is C24H26N2O4. The fourth-order valence-corrected chi connectivity index (χ4v) is 2.81. The Bertz CT molecular complexity index is 957. The normalized spacial score (nSPS) is 10.5. The van der Waals surface area contributed by atoms with E-state index in [1.807, 2.05) is 43.3 Å². The summed E-state index contributed by atoms with van der Waals surface area (Å²) in [6, 6.07) is 19.0. The molecular weight excluding hydrogens is 380 g/mol. The highest BCUT2D eigenvalue weighted by Gasteiger charge is 2.07. The molecule has 1 N–H and O–H groups in total. The van der Waals surface area contributed by atoms with E-state index < -0.39 is 0 Å². The molecule has 0 saturated heterocycles. The number of carbonyl (C=O) groups excluding carboxylic acids is 1. The van der Waals surface area contributed by atoms with Gasteiger partial charge in [-0.15, -0.1) is 0 Å². The van der Waals surface area contributed by atoms with Crippen molar-refractivity contribution < 1.29 is 19.0 Å². The van der Waals surface area contributed by atoms with Gasteiger partial charge in [-0.25, -0.2) is 4.98 Å². The molecule has 6 heteroatoms. The standard InChI is InChI=1S/C24H26N2O4/c1-18-5-3-6-19(13-18)17-30-22-8-4-7-21(14-22)24(27)26-16-20-9-10-23(25-15-20)29-12-11-28-2/h3-10,13-15H,11-12,16-17H2,1-2H3,(H,26,27). The Kier molecular flexibility index (Phi) is 7.80. The number of pyridine rings is 1. The summed E-state index contributed by atoms with van der Waals surface area (Å²) < 4.78 is 16.2. The van der Waals surface area contributed by atoms with Crippen molar-refractivity contribution in [1.29, 1.82) is 0 Å². The highest BCUT2D eigenvalue weighted by Crippen LogP contribution is 2.16. The number of hydrogen-bond donors (Lipinski definition) is 1. The van der Waals surface area contributed by atoms with Gasteiger partial charge >= 0.3 is 0 Å². The van der Waals surface area contributed by atoms with Crippen LogP contribution >= 0.6 is 0 Å². The summed E-state index contributed by atoms with van der Waals surface area (Å²) in [5, 5.41) is 2.90. The molecule has 1 heterocycles. The Hall–Kier alpha value is -3.38. The van der Waals surface area contributed by atoms with Crippen LogP contribution in [0.25, 0.3) is 0 Å². The van der Waals surface area contributed by atoms with Crippen molar-refractivity contribution in [1.82, 2.24) is 10.3 Å². The number of methoxy groups -OCH3 is 1. The molecule has 0 unspecified atom stereocenters. The zero-order chi connectivity index (χ0) is 21.2. The van der Waals surface area contributed by atoms with Crippen LogP contribution in [0, 0.1) is 6.92 Å². The third-order valence-corrected chi connectivity index (χ3v) is 4.37. The maximum atomic E-state index is 12.5. The number of carbonyl (C=O) groups is 1. The molecule has 0 radical (unpaired) electrons. The van der Waals surface area contributed by atoms with Crippen LogP contribution in [-0.2, 0) is 17.9 Å². The van der Waals surface area contributed by atoms with Crippen molar-refractivity contribution in [3.63, 3.8) is 0 Å². The highest BCUT2D eigenvalue weighted by molar-refractivity contribution is 5.94. The Labute approximate surface area is 176 Å². The molecule has 30 heavy (non-hydrogen) atoms. The van der Waals surface area contributed by atoms with Crippen molar-refractivity contribution in [2.24, 2.45) is 0 Å². The molecule has 0 bridgehead atoms. The zero-order valence-electron chi connectivity index (χ0n) is 17.3. The van der Waals surface area contributed by atoms with Crippen LogP contribution in [0.1, 0.15) is 27.0 Å². The number of ether oxygens (including phenoxy) is 3. The smallest absolute Gasteiger partial charge is 0.251 e. The highest BCUT2D eigenvalue weighted by atomic mass is 16.5. The molecule has 156 valence electrons. The second-order valence-electron chi connectivity index (χ2n) is 6.83. The van der Waals surface area contributed by atoms with Gasteiger partial charge in [-0.3, -0.25) is 4.79 Å². The Morgan fingerprint density at radius 2 is 1.83 bits per heavy atom. The van der Waals surface area contributed by atoms with E-state index in [0.29, 0.717) is 43.6 Å². The van der Waals surface area contributed by atoms with Crippen LogP contribution in [0.2, 0.25) is 0 Å². The molecule has 0 fully saturated rings. The summed E-state index contributed by atoms with van der Waals surface area (Å²) in [7, 11) is 1.62. The number of nitrogens with one attached hydrogen (secondary N) is 1. The third kappa shape index (κ3) is 6.60. The number of rotatable bonds is 10. The van der Waals surface area contributed by atoms with Crippen LogP contribution in [0.4, 0.5) is 0 Å². The van der Waals surface area contributed by atoms with Gasteiger partial charge in [-0.1, -0.05) is 42.0 Å². The second kappa shape index (κ2) is 11.0. The van der Waals surface area contributed by atoms with E-state index in [1.165, 1.54) is 5.56 Å². The van der Waals surface area contributed by atoms with Crippen molar-refractivity contribution in [2.75, 3.05) is 20.3 Å². The monoisotopic (exact) mass is 406 g/mol. The average molecular weight is 406 g/mol. The predicted octanol–water partition coefficient (Wildman–Crippen LogP) is 3.92. The molecule has 1 amide bonds. The van der Waals surface area contributed by atoms with E-state index in [2.05, 4.69) is 16.4 Å². The first-order valence-electron chi connectivity index (χ1n) is 9.77. The number of amides is 1. The van der Waals surface area contributed by atoms with Gasteiger partial charge in [0.15, 0.2) is 0 Å². The molecule has 0 aliphatic rings. The summed E-state index contributed by atoms with van der Waals surface area (Å²) in [6.07, 6.45) is 1.68. The van der Waals surface area contributed by atoms with E-state index in [9.17, 15) is 4.79 Å². The molecule has 3 rings (SSSR count). The van der Waals surface area contributed by atoms with Crippen LogP contribution < -0.4 is 14.8 Å². The summed E-state index contributed by atoms with van der Waals surface area (Å²) in [5.41, 5.74) is 3.71. The minimum Gasteiger partial charge on any atom is -0.489 e. The van der Waals surface area contributed by atoms with E-state index in [0.717, 1.165) is 11.1 Å². The SMILES string of the molecule is COCCOc1ccc(CNC(=O)c2cccc(OCc3cccc(C)c3)c2)cn1. The molecule has 0 atom stereocenters. The fourth-order valence-electron chi connectivity index (χ4n) is 2.81. The lowest BCUT2D eigenvalue weighted by atomic mass is 10.1. The average Bonchev–Trinajstić information content (AvgIpc) is 2.77. The first-order chi connectivity index (χ1) is 14.6. The van der Waals surface area contributed by atoms with Crippen LogP contribution in [0.15, 0.2) is 66.9 Å². The molecule has 2 aromatic carbocycles. The number of hydrogen-bond acceptors (Lipinski definition) is 5. The lowest BCUT2D eigenvalue weighted by Gasteiger charge is -2.10. The van der Waals surface area contributed by atoms with Crippen LogP contribution in [0.3, 0.4) is 0 Å². The van der Waals surface area contributed by atoms with Gasteiger partial charge in [0.2, 0.25) is 5.88 Å². The van der Waals surface area contributed by atoms with Gasteiger partial charge < -0.3 is 19.5 Å². The van der Waals surface area contributed by atoms with Crippen molar-refractivity contribution in [3.8, 4) is 11.6 Å². The van der Waals surface area contributed by atoms with Gasteiger partial charge in [-0.2, -0.15) is 0 Å². The van der Waals surface area contributed by atoms with Crippen molar-refractivity contribution >= 4 is 5.91 Å². The topological polar surface area (TPSA) is 69.7 Å². The maximum absolute atomic E-state index is 12.5. The van der Waals surface area contributed by atoms with Crippen molar-refractivity contribution in [3.05, 3.63) is 89.1 Å². The van der Waals surface area contributed by atoms with Gasteiger partial charge in [0.25, 0.3) is 5.91 Å².